The summed E-state index contributed by atoms with van der Waals surface area (Å²) in [6, 6.07) is 12.1. The van der Waals surface area contributed by atoms with Gasteiger partial charge in [-0.3, -0.25) is 4.79 Å². The Morgan fingerprint density at radius 2 is 1.92 bits per heavy atom. The molecule has 26 heavy (non-hydrogen) atoms. The number of fused-ring (bicyclic) bond motifs is 1. The van der Waals surface area contributed by atoms with Gasteiger partial charge in [0, 0.05) is 49.5 Å². The van der Waals surface area contributed by atoms with Crippen LogP contribution in [0.2, 0.25) is 0 Å². The number of carbonyl (C=O) groups is 1. The number of rotatable bonds is 4. The number of amides is 1. The molecule has 5 nitrogen and oxygen atoms in total. The maximum absolute atomic E-state index is 13.0. The average molecular weight is 348 g/mol. The zero-order valence-corrected chi connectivity index (χ0v) is 15.1. The van der Waals surface area contributed by atoms with Crippen molar-refractivity contribution < 1.29 is 4.79 Å². The van der Waals surface area contributed by atoms with Crippen LogP contribution in [0, 0.1) is 0 Å². The number of pyridine rings is 1. The molecule has 4 rings (SSSR count). The highest BCUT2D eigenvalue weighted by Crippen LogP contribution is 2.23. The fourth-order valence-corrected chi connectivity index (χ4v) is 3.72. The van der Waals surface area contributed by atoms with Gasteiger partial charge in [-0.25, -0.2) is 4.98 Å². The average Bonchev–Trinajstić information content (AvgIpc) is 3.12. The molecule has 1 aromatic carbocycles. The molecule has 1 aliphatic rings. The van der Waals surface area contributed by atoms with Crippen molar-refractivity contribution in [2.24, 2.45) is 0 Å². The number of anilines is 1. The number of hydrogen-bond donors (Lipinski definition) is 1. The largest absolute Gasteiger partial charge is 0.360 e. The first-order valence-corrected chi connectivity index (χ1v) is 9.32. The monoisotopic (exact) mass is 348 g/mol. The third-order valence-corrected chi connectivity index (χ3v) is 5.07. The molecule has 134 valence electrons. The minimum absolute atomic E-state index is 0.108. The minimum atomic E-state index is 0.108. The van der Waals surface area contributed by atoms with Crippen LogP contribution in [0.15, 0.2) is 48.8 Å². The highest BCUT2D eigenvalue weighted by atomic mass is 16.2. The van der Waals surface area contributed by atoms with E-state index in [1.807, 2.05) is 47.6 Å². The SMILES string of the molecule is CCCc1cccnc1N1CCN(C(=O)c2c[nH]c3ccccc23)CC1. The summed E-state index contributed by atoms with van der Waals surface area (Å²) < 4.78 is 0. The van der Waals surface area contributed by atoms with Gasteiger partial charge < -0.3 is 14.8 Å². The van der Waals surface area contributed by atoms with Crippen molar-refractivity contribution >= 4 is 22.6 Å². The fraction of sp³-hybridized carbons (Fsp3) is 0.333. The zero-order chi connectivity index (χ0) is 17.9. The molecule has 3 heterocycles. The van der Waals surface area contributed by atoms with Crippen molar-refractivity contribution in [2.45, 2.75) is 19.8 Å². The lowest BCUT2D eigenvalue weighted by Gasteiger charge is -2.36. The Balaban J connectivity index is 1.48. The Bertz CT molecular complexity index is 909. The number of para-hydroxylation sites is 1. The number of piperazine rings is 1. The summed E-state index contributed by atoms with van der Waals surface area (Å²) in [4.78, 5) is 25.0. The van der Waals surface area contributed by atoms with E-state index in [4.69, 9.17) is 0 Å². The van der Waals surface area contributed by atoms with Gasteiger partial charge in [0.25, 0.3) is 5.91 Å². The summed E-state index contributed by atoms with van der Waals surface area (Å²) in [6.45, 7) is 5.28. The van der Waals surface area contributed by atoms with Crippen molar-refractivity contribution in [3.05, 3.63) is 59.9 Å². The summed E-state index contributed by atoms with van der Waals surface area (Å²) in [5.74, 6) is 1.19. The van der Waals surface area contributed by atoms with Gasteiger partial charge in [-0.1, -0.05) is 37.6 Å². The van der Waals surface area contributed by atoms with Gasteiger partial charge in [0.2, 0.25) is 0 Å². The molecular formula is C21H24N4O. The van der Waals surface area contributed by atoms with Crippen LogP contribution in [0.1, 0.15) is 29.3 Å². The van der Waals surface area contributed by atoms with Crippen molar-refractivity contribution in [1.29, 1.82) is 0 Å². The van der Waals surface area contributed by atoms with E-state index in [1.165, 1.54) is 5.56 Å². The lowest BCUT2D eigenvalue weighted by atomic mass is 10.1. The summed E-state index contributed by atoms with van der Waals surface area (Å²) in [5.41, 5.74) is 3.07. The molecule has 0 aliphatic carbocycles. The van der Waals surface area contributed by atoms with Gasteiger partial charge in [0.15, 0.2) is 0 Å². The number of aromatic amines is 1. The van der Waals surface area contributed by atoms with Crippen molar-refractivity contribution in [3.63, 3.8) is 0 Å². The molecule has 5 heteroatoms. The van der Waals surface area contributed by atoms with Crippen molar-refractivity contribution in [3.8, 4) is 0 Å². The maximum Gasteiger partial charge on any atom is 0.256 e. The number of aryl methyl sites for hydroxylation is 1. The van der Waals surface area contributed by atoms with Gasteiger partial charge in [0.05, 0.1) is 5.56 Å². The highest BCUT2D eigenvalue weighted by Gasteiger charge is 2.25. The second-order valence-electron chi connectivity index (χ2n) is 6.76. The summed E-state index contributed by atoms with van der Waals surface area (Å²) in [6.07, 6.45) is 5.84. The van der Waals surface area contributed by atoms with Gasteiger partial charge >= 0.3 is 0 Å². The second kappa shape index (κ2) is 7.20. The molecular weight excluding hydrogens is 324 g/mol. The van der Waals surface area contributed by atoms with Crippen molar-refractivity contribution in [1.82, 2.24) is 14.9 Å². The Morgan fingerprint density at radius 3 is 2.73 bits per heavy atom. The normalized spacial score (nSPS) is 14.8. The number of nitrogens with zero attached hydrogens (tertiary/aromatic N) is 3. The molecule has 0 spiro atoms. The predicted molar refractivity (Wildman–Crippen MR) is 105 cm³/mol. The third-order valence-electron chi connectivity index (χ3n) is 5.07. The van der Waals surface area contributed by atoms with Crippen LogP contribution in [0.3, 0.4) is 0 Å². The van der Waals surface area contributed by atoms with Crippen LogP contribution in [-0.2, 0) is 6.42 Å². The predicted octanol–water partition coefficient (Wildman–Crippen LogP) is 3.48. The van der Waals surface area contributed by atoms with Gasteiger partial charge in [-0.05, 0) is 24.1 Å². The lowest BCUT2D eigenvalue weighted by molar-refractivity contribution is 0.0748. The van der Waals surface area contributed by atoms with E-state index in [9.17, 15) is 4.79 Å². The van der Waals surface area contributed by atoms with E-state index in [1.54, 1.807) is 0 Å². The maximum atomic E-state index is 13.0. The number of carbonyl (C=O) groups excluding carboxylic acids is 1. The molecule has 0 saturated carbocycles. The lowest BCUT2D eigenvalue weighted by Crippen LogP contribution is -2.49. The molecule has 0 bridgehead atoms. The van der Waals surface area contributed by atoms with Gasteiger partial charge in [-0.15, -0.1) is 0 Å². The topological polar surface area (TPSA) is 52.2 Å². The number of H-pyrrole nitrogens is 1. The Morgan fingerprint density at radius 1 is 1.12 bits per heavy atom. The van der Waals surface area contributed by atoms with Gasteiger partial charge in [-0.2, -0.15) is 0 Å². The van der Waals surface area contributed by atoms with Crippen LogP contribution < -0.4 is 4.90 Å². The first-order valence-electron chi connectivity index (χ1n) is 9.32. The summed E-state index contributed by atoms with van der Waals surface area (Å²) in [7, 11) is 0. The van der Waals surface area contributed by atoms with Crippen LogP contribution in [0.5, 0.6) is 0 Å². The molecule has 1 fully saturated rings. The number of hydrogen-bond acceptors (Lipinski definition) is 3. The molecule has 2 aromatic heterocycles. The van der Waals surface area contributed by atoms with Crippen LogP contribution >= 0.6 is 0 Å². The Labute approximate surface area is 153 Å². The van der Waals surface area contributed by atoms with E-state index in [2.05, 4.69) is 27.9 Å². The molecule has 1 aliphatic heterocycles. The van der Waals surface area contributed by atoms with E-state index in [0.717, 1.165) is 61.3 Å². The van der Waals surface area contributed by atoms with E-state index >= 15 is 0 Å². The van der Waals surface area contributed by atoms with Crippen molar-refractivity contribution in [2.75, 3.05) is 31.1 Å². The van der Waals surface area contributed by atoms with E-state index < -0.39 is 0 Å². The number of nitrogens with one attached hydrogen (secondary N) is 1. The van der Waals surface area contributed by atoms with E-state index in [-0.39, 0.29) is 5.91 Å². The molecule has 1 amide bonds. The summed E-state index contributed by atoms with van der Waals surface area (Å²) >= 11 is 0. The zero-order valence-electron chi connectivity index (χ0n) is 15.1. The quantitative estimate of drug-likeness (QED) is 0.785. The van der Waals surface area contributed by atoms with Gasteiger partial charge in [0.1, 0.15) is 5.82 Å². The fourth-order valence-electron chi connectivity index (χ4n) is 3.72. The summed E-state index contributed by atoms with van der Waals surface area (Å²) in [5, 5.41) is 0.995. The molecule has 0 unspecified atom stereocenters. The molecule has 0 radical (unpaired) electrons. The molecule has 3 aromatic rings. The van der Waals surface area contributed by atoms with Crippen LogP contribution in [0.4, 0.5) is 5.82 Å². The first kappa shape index (κ1) is 16.6. The Hall–Kier alpha value is -2.82. The molecule has 1 saturated heterocycles. The highest BCUT2D eigenvalue weighted by molar-refractivity contribution is 6.06. The smallest absolute Gasteiger partial charge is 0.256 e. The first-order chi connectivity index (χ1) is 12.8. The minimum Gasteiger partial charge on any atom is -0.360 e. The number of aromatic nitrogens is 2. The third kappa shape index (κ3) is 3.05. The van der Waals surface area contributed by atoms with Crippen LogP contribution in [-0.4, -0.2) is 47.0 Å². The molecule has 0 atom stereocenters. The molecule has 1 N–H and O–H groups in total. The second-order valence-corrected chi connectivity index (χ2v) is 6.76. The number of benzene rings is 1. The standard InChI is InChI=1S/C21H24N4O/c1-2-6-16-7-5-10-22-20(16)24-11-13-25(14-12-24)21(26)18-15-23-19-9-4-3-8-17(18)19/h3-5,7-10,15,23H,2,6,11-14H2,1H3. The van der Waals surface area contributed by atoms with E-state index in [0.29, 0.717) is 0 Å². The Kier molecular flexibility index (Phi) is 4.61. The van der Waals surface area contributed by atoms with Crippen LogP contribution in [0.25, 0.3) is 10.9 Å².